The molecule has 0 spiro atoms. The number of likely N-dealkylation sites (N-methyl/N-ethyl adjacent to an activating group) is 1. The number of nitrogens with zero attached hydrogens (tertiary/aromatic N) is 2. The first kappa shape index (κ1) is 31.1. The van der Waals surface area contributed by atoms with Gasteiger partial charge < -0.3 is 19.2 Å². The number of non-ortho nitro benzene ring substituents is 1. The molecule has 2 aromatic carbocycles. The number of hydrogen-bond acceptors (Lipinski definition) is 9. The van der Waals surface area contributed by atoms with E-state index in [9.17, 15) is 19.7 Å². The Labute approximate surface area is 244 Å². The lowest BCUT2D eigenvalue weighted by Gasteiger charge is -2.31. The van der Waals surface area contributed by atoms with Crippen molar-refractivity contribution in [3.8, 4) is 0 Å². The van der Waals surface area contributed by atoms with Crippen molar-refractivity contribution in [1.29, 1.82) is 0 Å². The third-order valence-electron chi connectivity index (χ3n) is 6.68. The fourth-order valence-electron chi connectivity index (χ4n) is 4.89. The van der Waals surface area contributed by atoms with E-state index < -0.39 is 28.9 Å². The molecule has 0 bridgehead atoms. The van der Waals surface area contributed by atoms with Crippen molar-refractivity contribution in [2.75, 3.05) is 20.7 Å². The predicted octanol–water partition coefficient (Wildman–Crippen LogP) is 5.43. The molecule has 0 saturated carbocycles. The van der Waals surface area contributed by atoms with Crippen LogP contribution >= 0.6 is 12.4 Å². The summed E-state index contributed by atoms with van der Waals surface area (Å²) in [5, 5.41) is 14.6. The van der Waals surface area contributed by atoms with Crippen LogP contribution in [0.2, 0.25) is 0 Å². The van der Waals surface area contributed by atoms with Gasteiger partial charge in [0, 0.05) is 36.6 Å². The average Bonchev–Trinajstić information content (AvgIpc) is 3.47. The van der Waals surface area contributed by atoms with E-state index in [1.54, 1.807) is 32.0 Å². The molecule has 4 rings (SSSR count). The van der Waals surface area contributed by atoms with E-state index in [0.29, 0.717) is 35.8 Å². The monoisotopic (exact) mass is 581 g/mol. The van der Waals surface area contributed by atoms with Crippen molar-refractivity contribution in [2.45, 2.75) is 32.4 Å². The van der Waals surface area contributed by atoms with Crippen molar-refractivity contribution in [3.05, 3.63) is 123 Å². The highest BCUT2D eigenvalue weighted by Gasteiger charge is 2.39. The second-order valence-corrected chi connectivity index (χ2v) is 9.57. The molecule has 0 fully saturated rings. The van der Waals surface area contributed by atoms with Crippen molar-refractivity contribution in [3.63, 3.8) is 0 Å². The summed E-state index contributed by atoms with van der Waals surface area (Å²) in [6.45, 7) is 4.33. The van der Waals surface area contributed by atoms with Gasteiger partial charge in [-0.05, 0) is 44.2 Å². The highest BCUT2D eigenvalue weighted by atomic mass is 35.5. The number of nitrogens with one attached hydrogen (secondary N) is 1. The highest BCUT2D eigenvalue weighted by Crippen LogP contribution is 2.40. The second kappa shape index (κ2) is 13.8. The minimum absolute atomic E-state index is 0. The molecule has 3 aromatic rings. The summed E-state index contributed by atoms with van der Waals surface area (Å²) in [7, 11) is 3.16. The summed E-state index contributed by atoms with van der Waals surface area (Å²) in [6.07, 6.45) is 0.740. The summed E-state index contributed by atoms with van der Waals surface area (Å²) in [4.78, 5) is 39.9. The van der Waals surface area contributed by atoms with Gasteiger partial charge >= 0.3 is 11.9 Å². The van der Waals surface area contributed by atoms with Gasteiger partial charge in [-0.25, -0.2) is 9.59 Å². The normalized spacial score (nSPS) is 15.6. The Morgan fingerprint density at radius 2 is 1.71 bits per heavy atom. The van der Waals surface area contributed by atoms with E-state index in [0.717, 1.165) is 5.56 Å². The molecule has 1 aliphatic rings. The van der Waals surface area contributed by atoms with E-state index in [4.69, 9.17) is 13.9 Å². The van der Waals surface area contributed by atoms with Gasteiger partial charge in [-0.1, -0.05) is 42.5 Å². The van der Waals surface area contributed by atoms with Gasteiger partial charge in [0.15, 0.2) is 6.10 Å². The number of rotatable bonds is 10. The number of methoxy groups -OCH3 is 1. The fourth-order valence-corrected chi connectivity index (χ4v) is 4.89. The number of hydrogen-bond donors (Lipinski definition) is 1. The summed E-state index contributed by atoms with van der Waals surface area (Å²) in [6, 6.07) is 19.2. The average molecular weight is 582 g/mol. The molecule has 1 aliphatic heterocycles. The molecule has 216 valence electrons. The van der Waals surface area contributed by atoms with Gasteiger partial charge in [-0.2, -0.15) is 0 Å². The van der Waals surface area contributed by atoms with Crippen molar-refractivity contribution in [2.24, 2.45) is 0 Å². The molecule has 0 saturated heterocycles. The number of nitro benzene ring substituents is 1. The molecular formula is C30H32ClN3O7. The maximum atomic E-state index is 13.9. The van der Waals surface area contributed by atoms with Crippen LogP contribution in [0.1, 0.15) is 42.8 Å². The van der Waals surface area contributed by atoms with Crippen LogP contribution in [0.25, 0.3) is 0 Å². The molecule has 0 radical (unpaired) electrons. The Morgan fingerprint density at radius 1 is 1.02 bits per heavy atom. The third kappa shape index (κ3) is 7.22. The molecule has 2 atom stereocenters. The maximum absolute atomic E-state index is 13.9. The largest absolute Gasteiger partial charge is 0.466 e. The first-order valence-corrected chi connectivity index (χ1v) is 12.7. The second-order valence-electron chi connectivity index (χ2n) is 9.57. The Bertz CT molecular complexity index is 1450. The van der Waals surface area contributed by atoms with Crippen LogP contribution in [0, 0.1) is 10.1 Å². The lowest BCUT2D eigenvalue weighted by molar-refractivity contribution is -0.384. The highest BCUT2D eigenvalue weighted by molar-refractivity contribution is 6.00. The Hall–Kier alpha value is -4.41. The van der Waals surface area contributed by atoms with Gasteiger partial charge in [0.25, 0.3) is 5.69 Å². The van der Waals surface area contributed by atoms with Crippen LogP contribution in [0.15, 0.2) is 100.0 Å². The van der Waals surface area contributed by atoms with Crippen LogP contribution in [0.5, 0.6) is 0 Å². The lowest BCUT2D eigenvalue weighted by atomic mass is 9.80. The van der Waals surface area contributed by atoms with Crippen LogP contribution in [-0.4, -0.2) is 42.5 Å². The van der Waals surface area contributed by atoms with Gasteiger partial charge in [0.05, 0.1) is 35.4 Å². The molecule has 0 aliphatic carbocycles. The first-order chi connectivity index (χ1) is 19.2. The minimum atomic E-state index is -0.958. The van der Waals surface area contributed by atoms with E-state index in [-0.39, 0.29) is 29.2 Å². The van der Waals surface area contributed by atoms with E-state index >= 15 is 0 Å². The number of carbonyl (C=O) groups is 2. The van der Waals surface area contributed by atoms with Gasteiger partial charge in [0.1, 0.15) is 5.76 Å². The zero-order valence-corrected chi connectivity index (χ0v) is 24.0. The summed E-state index contributed by atoms with van der Waals surface area (Å²) >= 11 is 0. The molecule has 2 heterocycles. The predicted molar refractivity (Wildman–Crippen MR) is 154 cm³/mol. The van der Waals surface area contributed by atoms with E-state index in [2.05, 4.69) is 5.32 Å². The fraction of sp³-hybridized carbons (Fsp3) is 0.267. The van der Waals surface area contributed by atoms with Crippen molar-refractivity contribution < 1.29 is 28.4 Å². The molecule has 1 aromatic heterocycles. The zero-order valence-electron chi connectivity index (χ0n) is 23.2. The van der Waals surface area contributed by atoms with Crippen LogP contribution in [0.3, 0.4) is 0 Å². The summed E-state index contributed by atoms with van der Waals surface area (Å²) in [5.74, 6) is -1.85. The lowest BCUT2D eigenvalue weighted by Crippen LogP contribution is -2.34. The number of nitro groups is 1. The number of dihydropyridines is 1. The Kier molecular flexibility index (Phi) is 10.5. The Morgan fingerprint density at radius 3 is 2.32 bits per heavy atom. The number of allylic oxidation sites excluding steroid dienone is 2. The summed E-state index contributed by atoms with van der Waals surface area (Å²) < 4.78 is 16.7. The molecule has 0 amide bonds. The SMILES string of the molecule is COC(=O)C1=C(C)NC(C)=C(C(=O)OC(CN(C)Cc2ccccc2)c2ccco2)C1c1cccc([N+](=O)[O-])c1.Cl. The molecule has 2 unspecified atom stereocenters. The topological polar surface area (TPSA) is 124 Å². The van der Waals surface area contributed by atoms with E-state index in [1.165, 1.54) is 31.6 Å². The molecule has 41 heavy (non-hydrogen) atoms. The van der Waals surface area contributed by atoms with Crippen LogP contribution in [0.4, 0.5) is 5.69 Å². The number of furan rings is 1. The minimum Gasteiger partial charge on any atom is -0.466 e. The maximum Gasteiger partial charge on any atom is 0.337 e. The van der Waals surface area contributed by atoms with E-state index in [1.807, 2.05) is 42.3 Å². The van der Waals surface area contributed by atoms with Gasteiger partial charge in [0.2, 0.25) is 0 Å². The van der Waals surface area contributed by atoms with Crippen LogP contribution < -0.4 is 5.32 Å². The molecule has 10 nitrogen and oxygen atoms in total. The zero-order chi connectivity index (χ0) is 28.8. The van der Waals surface area contributed by atoms with Gasteiger partial charge in [-0.15, -0.1) is 12.4 Å². The third-order valence-corrected chi connectivity index (χ3v) is 6.68. The number of halogens is 1. The smallest absolute Gasteiger partial charge is 0.337 e. The number of benzene rings is 2. The van der Waals surface area contributed by atoms with Crippen molar-refractivity contribution in [1.82, 2.24) is 10.2 Å². The molecular weight excluding hydrogens is 550 g/mol. The first-order valence-electron chi connectivity index (χ1n) is 12.7. The molecule has 11 heteroatoms. The van der Waals surface area contributed by atoms with Gasteiger partial charge in [-0.3, -0.25) is 15.0 Å². The molecule has 1 N–H and O–H groups in total. The summed E-state index contributed by atoms with van der Waals surface area (Å²) in [5.41, 5.74) is 2.56. The Balaban J connectivity index is 0.00000462. The quantitative estimate of drug-likeness (QED) is 0.189. The van der Waals surface area contributed by atoms with Crippen LogP contribution in [-0.2, 0) is 25.6 Å². The standard InChI is InChI=1S/C30H31N3O7.ClH/c1-19-26(29(34)38-4)28(22-12-8-13-23(16-22)33(36)37)27(20(2)31-19)30(35)40-25(24-14-9-15-39-24)18-32(3)17-21-10-6-5-7-11-21;/h5-16,25,28,31H,17-18H2,1-4H3;1H. The number of esters is 2. The van der Waals surface area contributed by atoms with Crippen molar-refractivity contribution >= 4 is 30.0 Å². The number of carbonyl (C=O) groups excluding carboxylic acids is 2. The number of ether oxygens (including phenoxy) is 2.